The molecule has 1 fully saturated rings. The normalized spacial score (nSPS) is 13.8. The molecule has 160 valence electrons. The molecule has 0 aliphatic carbocycles. The Kier molecular flexibility index (Phi) is 5.97. The van der Waals surface area contributed by atoms with Gasteiger partial charge in [-0.2, -0.15) is 4.98 Å². The Morgan fingerprint density at radius 1 is 1.00 bits per heavy atom. The molecule has 1 aliphatic rings. The van der Waals surface area contributed by atoms with E-state index in [1.807, 2.05) is 37.3 Å². The van der Waals surface area contributed by atoms with Gasteiger partial charge in [0.05, 0.1) is 7.11 Å². The third-order valence-electron chi connectivity index (χ3n) is 5.06. The van der Waals surface area contributed by atoms with Crippen LogP contribution in [0, 0.1) is 12.7 Å². The maximum Gasteiger partial charge on any atom is 0.254 e. The van der Waals surface area contributed by atoms with Crippen LogP contribution in [-0.2, 0) is 0 Å². The number of carbonyl (C=O) groups excluding carboxylic acids is 1. The van der Waals surface area contributed by atoms with Crippen molar-refractivity contribution in [2.75, 3.05) is 38.2 Å². The first-order valence-electron chi connectivity index (χ1n) is 10.00. The minimum absolute atomic E-state index is 0.119. The number of rotatable bonds is 5. The number of para-hydroxylation sites is 1. The van der Waals surface area contributed by atoms with Crippen molar-refractivity contribution in [3.8, 4) is 17.4 Å². The van der Waals surface area contributed by atoms with Crippen molar-refractivity contribution in [1.82, 2.24) is 14.9 Å². The smallest absolute Gasteiger partial charge is 0.254 e. The van der Waals surface area contributed by atoms with Crippen molar-refractivity contribution in [2.24, 2.45) is 0 Å². The molecule has 0 atom stereocenters. The summed E-state index contributed by atoms with van der Waals surface area (Å²) in [6, 6.07) is 15.5. The Morgan fingerprint density at radius 2 is 1.74 bits per heavy atom. The number of ether oxygens (including phenoxy) is 2. The number of methoxy groups -OCH3 is 1. The summed E-state index contributed by atoms with van der Waals surface area (Å²) in [5, 5.41) is 0. The van der Waals surface area contributed by atoms with Crippen molar-refractivity contribution >= 4 is 11.7 Å². The fraction of sp³-hybridized carbons (Fsp3) is 0.261. The summed E-state index contributed by atoms with van der Waals surface area (Å²) in [5.41, 5.74) is 0.308. The zero-order valence-corrected chi connectivity index (χ0v) is 17.4. The SMILES string of the molecule is COc1ccc(C(=O)N2CCN(c3cc(Oc4ccccc4)nc(C)n3)CC2)cc1F. The van der Waals surface area contributed by atoms with Crippen LogP contribution < -0.4 is 14.4 Å². The standard InChI is InChI=1S/C23H23FN4O3/c1-16-25-21(15-22(26-16)31-18-6-4-3-5-7-18)27-10-12-28(13-11-27)23(29)17-8-9-20(30-2)19(24)14-17/h3-9,14-15H,10-13H2,1-2H3. The van der Waals surface area contributed by atoms with Gasteiger partial charge < -0.3 is 19.3 Å². The zero-order valence-electron chi connectivity index (χ0n) is 17.4. The number of aryl methyl sites for hydroxylation is 1. The average Bonchev–Trinajstić information content (AvgIpc) is 2.79. The van der Waals surface area contributed by atoms with Crippen LogP contribution in [0.15, 0.2) is 54.6 Å². The van der Waals surface area contributed by atoms with E-state index in [1.54, 1.807) is 17.0 Å². The second kappa shape index (κ2) is 8.99. The number of aromatic nitrogens is 2. The van der Waals surface area contributed by atoms with E-state index in [2.05, 4.69) is 14.9 Å². The highest BCUT2D eigenvalue weighted by molar-refractivity contribution is 5.94. The molecule has 0 saturated carbocycles. The van der Waals surface area contributed by atoms with Gasteiger partial charge in [-0.15, -0.1) is 0 Å². The molecule has 8 heteroatoms. The lowest BCUT2D eigenvalue weighted by Gasteiger charge is -2.35. The number of anilines is 1. The van der Waals surface area contributed by atoms with Crippen LogP contribution in [0.1, 0.15) is 16.2 Å². The van der Waals surface area contributed by atoms with Crippen molar-refractivity contribution in [1.29, 1.82) is 0 Å². The van der Waals surface area contributed by atoms with Crippen molar-refractivity contribution < 1.29 is 18.7 Å². The molecule has 3 aromatic rings. The lowest BCUT2D eigenvalue weighted by atomic mass is 10.1. The number of carbonyl (C=O) groups is 1. The molecule has 0 bridgehead atoms. The minimum atomic E-state index is -0.547. The van der Waals surface area contributed by atoms with Crippen LogP contribution in [0.3, 0.4) is 0 Å². The molecule has 31 heavy (non-hydrogen) atoms. The fourth-order valence-electron chi connectivity index (χ4n) is 3.47. The Balaban J connectivity index is 1.42. The first kappa shape index (κ1) is 20.6. The number of benzene rings is 2. The van der Waals surface area contributed by atoms with E-state index in [0.717, 1.165) is 5.82 Å². The van der Waals surface area contributed by atoms with Crippen LogP contribution >= 0.6 is 0 Å². The highest BCUT2D eigenvalue weighted by Crippen LogP contribution is 2.24. The molecule has 1 saturated heterocycles. The monoisotopic (exact) mass is 422 g/mol. The number of hydrogen-bond acceptors (Lipinski definition) is 6. The molecule has 0 N–H and O–H groups in total. The third-order valence-corrected chi connectivity index (χ3v) is 5.06. The molecule has 2 aromatic carbocycles. The topological polar surface area (TPSA) is 67.8 Å². The Morgan fingerprint density at radius 3 is 2.42 bits per heavy atom. The summed E-state index contributed by atoms with van der Waals surface area (Å²) < 4.78 is 24.7. The Hall–Kier alpha value is -3.68. The van der Waals surface area contributed by atoms with Gasteiger partial charge in [0, 0.05) is 37.8 Å². The van der Waals surface area contributed by atoms with E-state index >= 15 is 0 Å². The van der Waals surface area contributed by atoms with Gasteiger partial charge in [0.15, 0.2) is 11.6 Å². The average molecular weight is 422 g/mol. The molecule has 0 unspecified atom stereocenters. The summed E-state index contributed by atoms with van der Waals surface area (Å²) in [6.45, 7) is 4.03. The number of hydrogen-bond donors (Lipinski definition) is 0. The molecule has 1 amide bonds. The number of piperazine rings is 1. The molecular weight excluding hydrogens is 399 g/mol. The van der Waals surface area contributed by atoms with Crippen LogP contribution in [-0.4, -0.2) is 54.1 Å². The van der Waals surface area contributed by atoms with E-state index < -0.39 is 5.82 Å². The van der Waals surface area contributed by atoms with Gasteiger partial charge in [0.2, 0.25) is 5.88 Å². The van der Waals surface area contributed by atoms with Gasteiger partial charge in [0.25, 0.3) is 5.91 Å². The van der Waals surface area contributed by atoms with Crippen LogP contribution in [0.25, 0.3) is 0 Å². The summed E-state index contributed by atoms with van der Waals surface area (Å²) in [5.74, 6) is 1.91. The molecule has 7 nitrogen and oxygen atoms in total. The van der Waals surface area contributed by atoms with Gasteiger partial charge in [-0.1, -0.05) is 18.2 Å². The maximum absolute atomic E-state index is 14.0. The summed E-state index contributed by atoms with van der Waals surface area (Å²) in [7, 11) is 1.39. The fourth-order valence-corrected chi connectivity index (χ4v) is 3.47. The van der Waals surface area contributed by atoms with E-state index in [0.29, 0.717) is 49.2 Å². The summed E-state index contributed by atoms with van der Waals surface area (Å²) in [6.07, 6.45) is 0. The van der Waals surface area contributed by atoms with E-state index in [9.17, 15) is 9.18 Å². The third kappa shape index (κ3) is 4.74. The molecule has 2 heterocycles. The molecule has 0 radical (unpaired) electrons. The van der Waals surface area contributed by atoms with E-state index in [1.165, 1.54) is 19.2 Å². The second-order valence-corrected chi connectivity index (χ2v) is 7.16. The predicted octanol–water partition coefficient (Wildman–Crippen LogP) is 3.69. The summed E-state index contributed by atoms with van der Waals surface area (Å²) >= 11 is 0. The lowest BCUT2D eigenvalue weighted by molar-refractivity contribution is 0.0746. The molecule has 1 aromatic heterocycles. The van der Waals surface area contributed by atoms with E-state index in [-0.39, 0.29) is 11.7 Å². The Labute approximate surface area is 180 Å². The largest absolute Gasteiger partial charge is 0.494 e. The molecule has 1 aliphatic heterocycles. The van der Waals surface area contributed by atoms with Gasteiger partial charge in [-0.25, -0.2) is 9.37 Å². The zero-order chi connectivity index (χ0) is 21.8. The summed E-state index contributed by atoms with van der Waals surface area (Å²) in [4.78, 5) is 25.4. The molecular formula is C23H23FN4O3. The van der Waals surface area contributed by atoms with Gasteiger partial charge in [0.1, 0.15) is 17.4 Å². The number of amides is 1. The van der Waals surface area contributed by atoms with Gasteiger partial charge in [-0.05, 0) is 37.3 Å². The highest BCUT2D eigenvalue weighted by Gasteiger charge is 2.24. The van der Waals surface area contributed by atoms with Gasteiger partial charge in [-0.3, -0.25) is 4.79 Å². The predicted molar refractivity (Wildman–Crippen MR) is 114 cm³/mol. The van der Waals surface area contributed by atoms with Crippen molar-refractivity contribution in [3.05, 3.63) is 71.8 Å². The van der Waals surface area contributed by atoms with Crippen LogP contribution in [0.4, 0.5) is 10.2 Å². The quantitative estimate of drug-likeness (QED) is 0.625. The Bertz CT molecular complexity index is 1070. The second-order valence-electron chi connectivity index (χ2n) is 7.16. The van der Waals surface area contributed by atoms with Crippen molar-refractivity contribution in [3.63, 3.8) is 0 Å². The molecule has 4 rings (SSSR count). The highest BCUT2D eigenvalue weighted by atomic mass is 19.1. The minimum Gasteiger partial charge on any atom is -0.494 e. The maximum atomic E-state index is 14.0. The lowest BCUT2D eigenvalue weighted by Crippen LogP contribution is -2.49. The van der Waals surface area contributed by atoms with Crippen LogP contribution in [0.2, 0.25) is 0 Å². The van der Waals surface area contributed by atoms with Crippen LogP contribution in [0.5, 0.6) is 17.4 Å². The van der Waals surface area contributed by atoms with Crippen molar-refractivity contribution in [2.45, 2.75) is 6.92 Å². The van der Waals surface area contributed by atoms with E-state index in [4.69, 9.17) is 9.47 Å². The number of nitrogens with zero attached hydrogens (tertiary/aromatic N) is 4. The van der Waals surface area contributed by atoms with Gasteiger partial charge >= 0.3 is 0 Å². The first-order chi connectivity index (χ1) is 15.0. The molecule has 0 spiro atoms. The number of halogens is 1. The first-order valence-corrected chi connectivity index (χ1v) is 10.00.